The van der Waals surface area contributed by atoms with Crippen LogP contribution in [0.3, 0.4) is 0 Å². The molecular formula is C27H31BN2O2. The van der Waals surface area contributed by atoms with Crippen LogP contribution in [-0.4, -0.2) is 28.3 Å². The third-order valence-electron chi connectivity index (χ3n) is 11.2. The molecule has 4 nitrogen and oxygen atoms in total. The van der Waals surface area contributed by atoms with Gasteiger partial charge in [-0.3, -0.25) is 0 Å². The lowest BCUT2D eigenvalue weighted by Gasteiger charge is -2.50. The number of benzene rings is 1. The van der Waals surface area contributed by atoms with Crippen LogP contribution in [-0.2, 0) is 14.7 Å². The van der Waals surface area contributed by atoms with Crippen molar-refractivity contribution >= 4 is 12.8 Å². The maximum atomic E-state index is 6.36. The molecule has 1 saturated heterocycles. The number of nitrogens with zero attached hydrogens (tertiary/aromatic N) is 2. The minimum atomic E-state index is -0.505. The smallest absolute Gasteiger partial charge is 0.397 e. The summed E-state index contributed by atoms with van der Waals surface area (Å²) in [5, 5.41) is 0. The number of hydrogen-bond donors (Lipinski definition) is 0. The fourth-order valence-electron chi connectivity index (χ4n) is 9.20. The van der Waals surface area contributed by atoms with Gasteiger partial charge in [-0.05, 0) is 100 Å². The third kappa shape index (κ3) is 1.83. The van der Waals surface area contributed by atoms with E-state index < -0.39 is 7.12 Å². The highest BCUT2D eigenvalue weighted by Gasteiger charge is 2.75. The first-order valence-corrected chi connectivity index (χ1v) is 12.6. The molecule has 3 bridgehead atoms. The molecular weight excluding hydrogens is 395 g/mol. The predicted octanol–water partition coefficient (Wildman–Crippen LogP) is 4.50. The molecule has 164 valence electrons. The summed E-state index contributed by atoms with van der Waals surface area (Å²) in [4.78, 5) is 10.2. The second kappa shape index (κ2) is 5.33. The van der Waals surface area contributed by atoms with Gasteiger partial charge in [-0.1, -0.05) is 24.3 Å². The molecule has 2 spiro atoms. The van der Waals surface area contributed by atoms with E-state index in [2.05, 4.69) is 58.2 Å². The van der Waals surface area contributed by atoms with Gasteiger partial charge in [-0.25, -0.2) is 9.97 Å². The number of hydrogen-bond acceptors (Lipinski definition) is 4. The molecule has 0 amide bonds. The Kier molecular flexibility index (Phi) is 3.11. The molecule has 8 rings (SSSR count). The minimum Gasteiger partial charge on any atom is -0.397 e. The van der Waals surface area contributed by atoms with Gasteiger partial charge in [0.1, 0.15) is 0 Å². The molecule has 2 heterocycles. The van der Waals surface area contributed by atoms with E-state index in [1.807, 2.05) is 0 Å². The average molecular weight is 426 g/mol. The van der Waals surface area contributed by atoms with E-state index >= 15 is 0 Å². The largest absolute Gasteiger partial charge is 0.534 e. The van der Waals surface area contributed by atoms with E-state index in [1.165, 1.54) is 54.5 Å². The number of fused-ring (bicyclic) bond motifs is 9. The molecule has 1 aliphatic heterocycles. The van der Waals surface area contributed by atoms with Crippen LogP contribution >= 0.6 is 0 Å². The number of aromatic nitrogens is 2. The minimum absolute atomic E-state index is 0.0562. The first-order valence-electron chi connectivity index (χ1n) is 12.6. The molecule has 4 unspecified atom stereocenters. The van der Waals surface area contributed by atoms with Gasteiger partial charge in [-0.2, -0.15) is 0 Å². The summed E-state index contributed by atoms with van der Waals surface area (Å²) in [5.41, 5.74) is 6.09. The molecule has 32 heavy (non-hydrogen) atoms. The lowest BCUT2D eigenvalue weighted by Crippen LogP contribution is -2.47. The van der Waals surface area contributed by atoms with Gasteiger partial charge in [0.2, 0.25) is 0 Å². The average Bonchev–Trinajstić information content (AvgIpc) is 3.35. The van der Waals surface area contributed by atoms with Crippen molar-refractivity contribution in [1.29, 1.82) is 0 Å². The van der Waals surface area contributed by atoms with Crippen LogP contribution < -0.4 is 5.72 Å². The Morgan fingerprint density at radius 3 is 2.16 bits per heavy atom. The molecule has 4 saturated carbocycles. The van der Waals surface area contributed by atoms with Crippen molar-refractivity contribution in [1.82, 2.24) is 9.97 Å². The van der Waals surface area contributed by atoms with Crippen molar-refractivity contribution in [3.8, 4) is 11.1 Å². The predicted molar refractivity (Wildman–Crippen MR) is 123 cm³/mol. The zero-order valence-corrected chi connectivity index (χ0v) is 19.5. The maximum absolute atomic E-state index is 6.36. The van der Waals surface area contributed by atoms with Gasteiger partial charge in [0, 0.05) is 17.2 Å². The van der Waals surface area contributed by atoms with Gasteiger partial charge in [0.05, 0.1) is 16.9 Å². The van der Waals surface area contributed by atoms with Crippen molar-refractivity contribution in [2.45, 2.75) is 76.4 Å². The standard InChI is InChI=1S/C27H31BN2O2/c1-24(2)25(3,4)32-28(31-24)23-29-14-20-19-7-5-6-8-21(19)27(22(20)30-23)17-10-15-9-16-11-18(27)13-26(15,16)12-17/h5-8,14-18H,9-13H2,1-4H3. The quantitative estimate of drug-likeness (QED) is 0.630. The summed E-state index contributed by atoms with van der Waals surface area (Å²) < 4.78 is 12.7. The topological polar surface area (TPSA) is 44.2 Å². The molecule has 6 aliphatic rings. The van der Waals surface area contributed by atoms with Crippen LogP contribution in [0.15, 0.2) is 30.5 Å². The first-order chi connectivity index (χ1) is 15.3. The first kappa shape index (κ1) is 18.7. The monoisotopic (exact) mass is 426 g/mol. The van der Waals surface area contributed by atoms with Gasteiger partial charge >= 0.3 is 7.12 Å². The fourth-order valence-corrected chi connectivity index (χ4v) is 9.20. The Hall–Kier alpha value is -1.72. The lowest BCUT2D eigenvalue weighted by molar-refractivity contribution is -0.00198. The Balaban J connectivity index is 1.32. The molecule has 2 aromatic rings. The zero-order valence-electron chi connectivity index (χ0n) is 19.5. The van der Waals surface area contributed by atoms with Crippen LogP contribution in [0.25, 0.3) is 11.1 Å². The van der Waals surface area contributed by atoms with Crippen molar-refractivity contribution in [3.63, 3.8) is 0 Å². The summed E-state index contributed by atoms with van der Waals surface area (Å²) in [6.07, 6.45) is 9.14. The molecule has 5 fully saturated rings. The van der Waals surface area contributed by atoms with Crippen LogP contribution in [0.2, 0.25) is 0 Å². The summed E-state index contributed by atoms with van der Waals surface area (Å²) >= 11 is 0. The van der Waals surface area contributed by atoms with E-state index in [-0.39, 0.29) is 16.6 Å². The Morgan fingerprint density at radius 1 is 0.844 bits per heavy atom. The molecule has 5 aliphatic carbocycles. The highest BCUT2D eigenvalue weighted by Crippen LogP contribution is 2.81. The Bertz CT molecular complexity index is 1150. The summed E-state index contributed by atoms with van der Waals surface area (Å²) in [6, 6.07) is 9.12. The van der Waals surface area contributed by atoms with Crippen LogP contribution in [0.4, 0.5) is 0 Å². The summed E-state index contributed by atoms with van der Waals surface area (Å²) in [6.45, 7) is 8.40. The Morgan fingerprint density at radius 2 is 1.47 bits per heavy atom. The van der Waals surface area contributed by atoms with Crippen molar-refractivity contribution < 1.29 is 9.31 Å². The van der Waals surface area contributed by atoms with E-state index in [0.717, 1.165) is 11.8 Å². The Labute approximate surface area is 190 Å². The second-order valence-electron chi connectivity index (χ2n) is 12.6. The SMILES string of the molecule is CC1(C)OB(c2ncc3c(n2)C2(c4ccccc4-3)C3CC4CC5CC2CC45C3)OC1(C)C. The van der Waals surface area contributed by atoms with Gasteiger partial charge in [-0.15, -0.1) is 0 Å². The van der Waals surface area contributed by atoms with Gasteiger partial charge in [0.15, 0.2) is 5.72 Å². The summed E-state index contributed by atoms with van der Waals surface area (Å²) in [5.74, 6) is 3.34. The fraction of sp³-hybridized carbons (Fsp3) is 0.630. The van der Waals surface area contributed by atoms with Crippen molar-refractivity contribution in [2.75, 3.05) is 0 Å². The number of rotatable bonds is 1. The normalized spacial score (nSPS) is 42.8. The third-order valence-corrected chi connectivity index (χ3v) is 11.2. The molecule has 0 radical (unpaired) electrons. The van der Waals surface area contributed by atoms with E-state index in [9.17, 15) is 0 Å². The summed E-state index contributed by atoms with van der Waals surface area (Å²) in [7, 11) is -0.505. The molecule has 1 aromatic heterocycles. The van der Waals surface area contributed by atoms with Crippen molar-refractivity contribution in [3.05, 3.63) is 41.7 Å². The highest BCUT2D eigenvalue weighted by molar-refractivity contribution is 6.60. The van der Waals surface area contributed by atoms with E-state index in [0.29, 0.717) is 23.0 Å². The molecule has 1 aromatic carbocycles. The molecule has 4 atom stereocenters. The van der Waals surface area contributed by atoms with Gasteiger partial charge in [0.25, 0.3) is 0 Å². The molecule has 0 N–H and O–H groups in total. The van der Waals surface area contributed by atoms with Crippen molar-refractivity contribution in [2.24, 2.45) is 29.1 Å². The maximum Gasteiger partial charge on any atom is 0.534 e. The van der Waals surface area contributed by atoms with E-state index in [4.69, 9.17) is 19.3 Å². The second-order valence-corrected chi connectivity index (χ2v) is 12.6. The highest BCUT2D eigenvalue weighted by atomic mass is 16.7. The lowest BCUT2D eigenvalue weighted by atomic mass is 9.54. The zero-order chi connectivity index (χ0) is 21.7. The van der Waals surface area contributed by atoms with Crippen LogP contribution in [0.1, 0.15) is 71.1 Å². The van der Waals surface area contributed by atoms with E-state index in [1.54, 1.807) is 0 Å². The van der Waals surface area contributed by atoms with Gasteiger partial charge < -0.3 is 9.31 Å². The van der Waals surface area contributed by atoms with Crippen LogP contribution in [0, 0.1) is 29.1 Å². The van der Waals surface area contributed by atoms with Crippen LogP contribution in [0.5, 0.6) is 0 Å². The molecule has 5 heteroatoms.